The van der Waals surface area contributed by atoms with Gasteiger partial charge in [0, 0.05) is 19.3 Å². The lowest BCUT2D eigenvalue weighted by Gasteiger charge is -2.17. The van der Waals surface area contributed by atoms with Gasteiger partial charge in [-0.3, -0.25) is 14.7 Å². The molecule has 5 nitrogen and oxygen atoms in total. The highest BCUT2D eigenvalue weighted by Crippen LogP contribution is 2.39. The van der Waals surface area contributed by atoms with Gasteiger partial charge < -0.3 is 4.74 Å². The average molecular weight is 348 g/mol. The van der Waals surface area contributed by atoms with E-state index in [0.717, 1.165) is 10.3 Å². The summed E-state index contributed by atoms with van der Waals surface area (Å²) in [7, 11) is 1.58. The molecule has 3 rings (SSSR count). The maximum absolute atomic E-state index is 12.1. The van der Waals surface area contributed by atoms with Gasteiger partial charge >= 0.3 is 0 Å². The predicted octanol–water partition coefficient (Wildman–Crippen LogP) is 3.91. The largest absolute Gasteiger partial charge is 0.494 e. The molecule has 1 aromatic carbocycles. The SMILES string of the molecule is COc1ccc(Cl)c2sc(N(Cc3cccnc3)C(C)=O)nc12. The van der Waals surface area contributed by atoms with E-state index in [1.165, 1.54) is 18.3 Å². The molecule has 0 bridgehead atoms. The second-order valence-electron chi connectivity index (χ2n) is 4.89. The molecule has 0 spiro atoms. The van der Waals surface area contributed by atoms with E-state index in [-0.39, 0.29) is 5.91 Å². The average Bonchev–Trinajstić information content (AvgIpc) is 2.99. The zero-order chi connectivity index (χ0) is 16.4. The maximum atomic E-state index is 12.1. The van der Waals surface area contributed by atoms with Crippen LogP contribution in [0.1, 0.15) is 12.5 Å². The molecule has 0 unspecified atom stereocenters. The summed E-state index contributed by atoms with van der Waals surface area (Å²) in [4.78, 5) is 22.3. The molecule has 7 heteroatoms. The summed E-state index contributed by atoms with van der Waals surface area (Å²) in [5, 5.41) is 1.18. The highest BCUT2D eigenvalue weighted by Gasteiger charge is 2.19. The van der Waals surface area contributed by atoms with Crippen molar-refractivity contribution in [2.45, 2.75) is 13.5 Å². The van der Waals surface area contributed by atoms with Gasteiger partial charge in [0.05, 0.1) is 23.4 Å². The van der Waals surface area contributed by atoms with Crippen LogP contribution in [0.3, 0.4) is 0 Å². The fraction of sp³-hybridized carbons (Fsp3) is 0.188. The summed E-state index contributed by atoms with van der Waals surface area (Å²) in [6.07, 6.45) is 3.43. The number of rotatable bonds is 4. The first-order chi connectivity index (χ1) is 11.1. The smallest absolute Gasteiger partial charge is 0.225 e. The molecule has 0 saturated heterocycles. The lowest BCUT2D eigenvalue weighted by Crippen LogP contribution is -2.27. The fourth-order valence-corrected chi connectivity index (χ4v) is 3.51. The van der Waals surface area contributed by atoms with Gasteiger partial charge in [0.15, 0.2) is 5.13 Å². The number of fused-ring (bicyclic) bond motifs is 1. The minimum Gasteiger partial charge on any atom is -0.494 e. The van der Waals surface area contributed by atoms with E-state index in [0.29, 0.717) is 28.0 Å². The predicted molar refractivity (Wildman–Crippen MR) is 92.3 cm³/mol. The maximum Gasteiger partial charge on any atom is 0.225 e. The monoisotopic (exact) mass is 347 g/mol. The van der Waals surface area contributed by atoms with E-state index in [2.05, 4.69) is 9.97 Å². The third kappa shape index (κ3) is 3.13. The summed E-state index contributed by atoms with van der Waals surface area (Å²) in [6.45, 7) is 1.92. The second kappa shape index (κ2) is 6.52. The molecule has 2 aromatic heterocycles. The van der Waals surface area contributed by atoms with Gasteiger partial charge in [0.25, 0.3) is 0 Å². The summed E-state index contributed by atoms with van der Waals surface area (Å²) in [5.41, 5.74) is 1.59. The van der Waals surface area contributed by atoms with Gasteiger partial charge in [-0.15, -0.1) is 0 Å². The van der Waals surface area contributed by atoms with Gasteiger partial charge in [-0.1, -0.05) is 29.0 Å². The number of ether oxygens (including phenoxy) is 1. The van der Waals surface area contributed by atoms with Crippen molar-refractivity contribution in [2.24, 2.45) is 0 Å². The first-order valence-corrected chi connectivity index (χ1v) is 8.09. The number of pyridine rings is 1. The molecule has 0 fully saturated rings. The Morgan fingerprint density at radius 3 is 2.87 bits per heavy atom. The minimum atomic E-state index is -0.0944. The van der Waals surface area contributed by atoms with Gasteiger partial charge in [-0.25, -0.2) is 4.98 Å². The third-order valence-corrected chi connectivity index (χ3v) is 4.88. The van der Waals surface area contributed by atoms with Gasteiger partial charge in [-0.05, 0) is 23.8 Å². The number of hydrogen-bond donors (Lipinski definition) is 0. The molecule has 1 amide bonds. The summed E-state index contributed by atoms with van der Waals surface area (Å²) < 4.78 is 6.13. The lowest BCUT2D eigenvalue weighted by atomic mass is 10.2. The normalized spacial score (nSPS) is 10.7. The van der Waals surface area contributed by atoms with Crippen molar-refractivity contribution >= 4 is 44.2 Å². The highest BCUT2D eigenvalue weighted by atomic mass is 35.5. The number of methoxy groups -OCH3 is 1. The van der Waals surface area contributed by atoms with Crippen molar-refractivity contribution in [2.75, 3.05) is 12.0 Å². The van der Waals surface area contributed by atoms with Crippen molar-refractivity contribution < 1.29 is 9.53 Å². The van der Waals surface area contributed by atoms with Crippen molar-refractivity contribution in [1.82, 2.24) is 9.97 Å². The van der Waals surface area contributed by atoms with Crippen LogP contribution in [0.2, 0.25) is 5.02 Å². The van der Waals surface area contributed by atoms with E-state index in [9.17, 15) is 4.79 Å². The van der Waals surface area contributed by atoms with Crippen LogP contribution in [-0.4, -0.2) is 23.0 Å². The van der Waals surface area contributed by atoms with E-state index >= 15 is 0 Å². The topological polar surface area (TPSA) is 55.3 Å². The van der Waals surface area contributed by atoms with Gasteiger partial charge in [0.1, 0.15) is 11.3 Å². The van der Waals surface area contributed by atoms with Crippen LogP contribution in [0, 0.1) is 0 Å². The zero-order valence-corrected chi connectivity index (χ0v) is 14.2. The quantitative estimate of drug-likeness (QED) is 0.718. The minimum absolute atomic E-state index is 0.0944. The van der Waals surface area contributed by atoms with Gasteiger partial charge in [0.2, 0.25) is 5.91 Å². The highest BCUT2D eigenvalue weighted by molar-refractivity contribution is 7.23. The Labute approximate surface area is 142 Å². The molecule has 0 N–H and O–H groups in total. The Morgan fingerprint density at radius 2 is 2.22 bits per heavy atom. The van der Waals surface area contributed by atoms with E-state index in [4.69, 9.17) is 16.3 Å². The number of anilines is 1. The molecule has 0 aliphatic carbocycles. The number of thiazole rings is 1. The molecular weight excluding hydrogens is 334 g/mol. The van der Waals surface area contributed by atoms with Crippen molar-refractivity contribution in [3.8, 4) is 5.75 Å². The number of halogens is 1. The van der Waals surface area contributed by atoms with Crippen LogP contribution in [-0.2, 0) is 11.3 Å². The van der Waals surface area contributed by atoms with Crippen LogP contribution in [0.15, 0.2) is 36.7 Å². The molecule has 118 valence electrons. The number of hydrogen-bond acceptors (Lipinski definition) is 5. The van der Waals surface area contributed by atoms with E-state index in [1.807, 2.05) is 12.1 Å². The van der Waals surface area contributed by atoms with Crippen LogP contribution in [0.5, 0.6) is 5.75 Å². The Bertz CT molecular complexity index is 851. The second-order valence-corrected chi connectivity index (χ2v) is 6.27. The number of benzene rings is 1. The fourth-order valence-electron chi connectivity index (χ4n) is 2.21. The number of carbonyl (C=O) groups is 1. The zero-order valence-electron chi connectivity index (χ0n) is 12.6. The third-order valence-electron chi connectivity index (χ3n) is 3.34. The summed E-state index contributed by atoms with van der Waals surface area (Å²) in [5.74, 6) is 0.541. The molecule has 0 aliphatic heterocycles. The molecule has 0 radical (unpaired) electrons. The van der Waals surface area contributed by atoms with Crippen LogP contribution >= 0.6 is 22.9 Å². The number of nitrogens with zero attached hydrogens (tertiary/aromatic N) is 3. The molecule has 23 heavy (non-hydrogen) atoms. The number of aromatic nitrogens is 2. The Morgan fingerprint density at radius 1 is 1.39 bits per heavy atom. The number of carbonyl (C=O) groups excluding carboxylic acids is 1. The van der Waals surface area contributed by atoms with Crippen molar-refractivity contribution in [3.05, 3.63) is 47.2 Å². The molecular formula is C16H14ClN3O2S. The summed E-state index contributed by atoms with van der Waals surface area (Å²) in [6, 6.07) is 7.30. The number of amides is 1. The molecule has 0 aliphatic rings. The van der Waals surface area contributed by atoms with Gasteiger partial charge in [-0.2, -0.15) is 0 Å². The van der Waals surface area contributed by atoms with Crippen LogP contribution in [0.4, 0.5) is 5.13 Å². The van der Waals surface area contributed by atoms with Crippen molar-refractivity contribution in [3.63, 3.8) is 0 Å². The Hall–Kier alpha value is -2.18. The molecule has 0 saturated carbocycles. The molecule has 2 heterocycles. The first-order valence-electron chi connectivity index (χ1n) is 6.90. The van der Waals surface area contributed by atoms with E-state index < -0.39 is 0 Å². The standard InChI is InChI=1S/C16H14ClN3O2S/c1-10(21)20(9-11-4-3-7-18-8-11)16-19-14-13(22-2)6-5-12(17)15(14)23-16/h3-8H,9H2,1-2H3. The van der Waals surface area contributed by atoms with Crippen LogP contribution in [0.25, 0.3) is 10.2 Å². The van der Waals surface area contributed by atoms with E-state index in [1.54, 1.807) is 36.5 Å². The summed E-state index contributed by atoms with van der Waals surface area (Å²) >= 11 is 7.62. The van der Waals surface area contributed by atoms with Crippen LogP contribution < -0.4 is 9.64 Å². The first kappa shape index (κ1) is 15.7. The molecule has 3 aromatic rings. The Balaban J connectivity index is 2.05. The molecule has 0 atom stereocenters. The Kier molecular flexibility index (Phi) is 4.45. The lowest BCUT2D eigenvalue weighted by molar-refractivity contribution is -0.116. The van der Waals surface area contributed by atoms with Crippen molar-refractivity contribution in [1.29, 1.82) is 0 Å².